The third-order valence-corrected chi connectivity index (χ3v) is 5.07. The minimum Gasteiger partial charge on any atom is -0.796 e. The van der Waals surface area contributed by atoms with Crippen molar-refractivity contribution in [1.29, 1.82) is 0 Å². The van der Waals surface area contributed by atoms with Gasteiger partial charge in [0.15, 0.2) is 0 Å². The summed E-state index contributed by atoms with van der Waals surface area (Å²) in [7, 11) is 0. The van der Waals surface area contributed by atoms with Crippen LogP contribution in [-0.2, 0) is 29.0 Å². The summed E-state index contributed by atoms with van der Waals surface area (Å²) in [5.74, 6) is 1.24. The molecule has 3 nitrogen and oxygen atoms in total. The molecule has 2 aromatic heterocycles. The Morgan fingerprint density at radius 3 is 1.69 bits per heavy atom. The predicted octanol–water partition coefficient (Wildman–Crippen LogP) is 4.34. The molecule has 1 aliphatic rings. The van der Waals surface area contributed by atoms with E-state index >= 15 is 0 Å². The van der Waals surface area contributed by atoms with Crippen molar-refractivity contribution >= 4 is 82.4 Å². The molecule has 0 bridgehead atoms. The van der Waals surface area contributed by atoms with Gasteiger partial charge in [-0.2, -0.15) is 18.0 Å². The van der Waals surface area contributed by atoms with Gasteiger partial charge in [0, 0.05) is 47.0 Å². The Balaban J connectivity index is 0. The summed E-state index contributed by atoms with van der Waals surface area (Å²) in [6, 6.07) is 3.23. The molecular weight excluding hydrogens is 525 g/mol. The quantitative estimate of drug-likeness (QED) is 0.248. The zero-order valence-corrected chi connectivity index (χ0v) is 24.0. The van der Waals surface area contributed by atoms with Gasteiger partial charge in [0.1, 0.15) is 10.3 Å². The number of nitrogens with zero attached hydrogens (tertiary/aromatic N) is 2. The van der Waals surface area contributed by atoms with E-state index in [1.165, 1.54) is 12.8 Å². The number of rotatable bonds is 3. The fraction of sp³-hybridized carbons (Fsp3) is 0.444. The largest absolute Gasteiger partial charge is 1.00 e. The maximum absolute atomic E-state index is 5.87. The monoisotopic (exact) mass is 544 g/mol. The summed E-state index contributed by atoms with van der Waals surface area (Å²) in [5, 5.41) is 2.09. The van der Waals surface area contributed by atoms with E-state index in [9.17, 15) is 0 Å². The van der Waals surface area contributed by atoms with E-state index in [1.54, 1.807) is 42.5 Å². The predicted molar refractivity (Wildman–Crippen MR) is 129 cm³/mol. The zero-order valence-electron chi connectivity index (χ0n) is 16.6. The maximum Gasteiger partial charge on any atom is 1.00 e. The van der Waals surface area contributed by atoms with Crippen LogP contribution < -0.4 is 29.6 Å². The Bertz CT molecular complexity index is 675. The average molecular weight is 547 g/mol. The van der Waals surface area contributed by atoms with Crippen LogP contribution in [0.25, 0.3) is 0 Å². The fourth-order valence-corrected chi connectivity index (χ4v) is 3.51. The summed E-state index contributed by atoms with van der Waals surface area (Å²) in [6.07, 6.45) is 9.43. The van der Waals surface area contributed by atoms with Crippen molar-refractivity contribution < 1.29 is 34.3 Å². The molecule has 0 radical (unpaired) electrons. The van der Waals surface area contributed by atoms with Gasteiger partial charge in [-0.15, -0.1) is 11.6 Å². The van der Waals surface area contributed by atoms with Crippen molar-refractivity contribution in [1.82, 2.24) is 9.97 Å². The van der Waals surface area contributed by atoms with Crippen molar-refractivity contribution in [2.24, 2.45) is 0 Å². The third-order valence-electron chi connectivity index (χ3n) is 3.06. The van der Waals surface area contributed by atoms with Crippen molar-refractivity contribution in [3.05, 3.63) is 56.0 Å². The number of pyridine rings is 2. The van der Waals surface area contributed by atoms with Crippen LogP contribution in [-0.4, -0.2) is 35.7 Å². The second-order valence-electron chi connectivity index (χ2n) is 5.08. The molecule has 0 saturated carbocycles. The molecule has 0 amide bonds. The molecule has 1 fully saturated rings. The summed E-state index contributed by atoms with van der Waals surface area (Å²) >= 11 is 34.0. The number of aromatic nitrogens is 2. The van der Waals surface area contributed by atoms with Gasteiger partial charge in [-0.05, 0) is 36.8 Å². The molecule has 29 heavy (non-hydrogen) atoms. The van der Waals surface area contributed by atoms with Crippen molar-refractivity contribution in [3.8, 4) is 0 Å². The smallest absolute Gasteiger partial charge is 0.796 e. The number of thioether (sulfide) groups is 1. The molecule has 158 valence electrons. The molecule has 0 N–H and O–H groups in total. The minimum absolute atomic E-state index is 0. The van der Waals surface area contributed by atoms with Gasteiger partial charge >= 0.3 is 29.6 Å². The first-order chi connectivity index (χ1) is 13.5. The Labute approximate surface area is 230 Å². The minimum atomic E-state index is 0. The molecular formula is C18H22Cl5N2NaOS2. The number of hydrogen-bond donors (Lipinski definition) is 0. The summed E-state index contributed by atoms with van der Waals surface area (Å²) in [6.45, 7) is 2.00. The van der Waals surface area contributed by atoms with Gasteiger partial charge in [0.05, 0.1) is 5.88 Å². The van der Waals surface area contributed by atoms with E-state index in [4.69, 9.17) is 62.7 Å². The number of ether oxygens (including phenoxy) is 1. The first-order valence-electron chi connectivity index (χ1n) is 8.11. The van der Waals surface area contributed by atoms with E-state index in [-0.39, 0.29) is 29.6 Å². The van der Waals surface area contributed by atoms with Gasteiger partial charge in [0.2, 0.25) is 0 Å². The molecule has 0 aromatic carbocycles. The van der Waals surface area contributed by atoms with E-state index in [0.29, 0.717) is 26.2 Å². The average Bonchev–Trinajstić information content (AvgIpc) is 3.27. The van der Waals surface area contributed by atoms with Crippen LogP contribution >= 0.6 is 69.8 Å². The normalized spacial score (nSPS) is 11.6. The van der Waals surface area contributed by atoms with Crippen LogP contribution in [0.5, 0.6) is 0 Å². The van der Waals surface area contributed by atoms with Crippen LogP contribution in [0, 0.1) is 0 Å². The number of alkyl halides is 1. The SMILES string of the molecule is C1CCOC1.CSCc1cnc(Cl)cc1Cl.C[S-].ClCc1cnc(Cl)cc1Cl.[Na+]. The van der Waals surface area contributed by atoms with Gasteiger partial charge < -0.3 is 17.4 Å². The van der Waals surface area contributed by atoms with E-state index in [1.807, 2.05) is 6.26 Å². The Kier molecular flexibility index (Phi) is 23.9. The summed E-state index contributed by atoms with van der Waals surface area (Å²) in [4.78, 5) is 7.73. The number of halogens is 5. The molecule has 3 rings (SSSR count). The molecule has 1 aliphatic heterocycles. The Morgan fingerprint density at radius 1 is 0.931 bits per heavy atom. The summed E-state index contributed by atoms with van der Waals surface area (Å²) < 4.78 is 4.94. The molecule has 2 aromatic rings. The van der Waals surface area contributed by atoms with Gasteiger partial charge in [0.25, 0.3) is 0 Å². The Hall–Kier alpha value is 1.41. The molecule has 0 spiro atoms. The second kappa shape index (κ2) is 21.3. The van der Waals surface area contributed by atoms with Crippen LogP contribution in [0.1, 0.15) is 24.0 Å². The van der Waals surface area contributed by atoms with Gasteiger partial charge in [-0.1, -0.05) is 46.4 Å². The van der Waals surface area contributed by atoms with Crippen molar-refractivity contribution in [2.75, 3.05) is 25.7 Å². The Morgan fingerprint density at radius 2 is 1.38 bits per heavy atom. The van der Waals surface area contributed by atoms with Crippen LogP contribution in [0.3, 0.4) is 0 Å². The van der Waals surface area contributed by atoms with Crippen LogP contribution in [0.15, 0.2) is 24.5 Å². The summed E-state index contributed by atoms with van der Waals surface area (Å²) in [5.41, 5.74) is 1.83. The maximum atomic E-state index is 5.87. The topological polar surface area (TPSA) is 35.0 Å². The van der Waals surface area contributed by atoms with Crippen LogP contribution in [0.4, 0.5) is 0 Å². The zero-order chi connectivity index (χ0) is 21.4. The molecule has 11 heteroatoms. The standard InChI is InChI=1S/C7H7Cl2NS.C6H4Cl3N.C4H8O.CH4S.Na/c1-11-4-5-3-10-7(9)2-6(5)8;7-2-4-3-10-6(9)1-5(4)8;1-2-4-5-3-1;1-2;/h2-3H,4H2,1H3;1,3H,2H2;1-4H2;2H,1H3;/q;;;;+1/p-1. The molecule has 0 atom stereocenters. The second-order valence-corrected chi connectivity index (χ2v) is 7.81. The van der Waals surface area contributed by atoms with Gasteiger partial charge in [-0.25, -0.2) is 9.97 Å². The fourth-order valence-electron chi connectivity index (χ4n) is 1.74. The van der Waals surface area contributed by atoms with E-state index < -0.39 is 0 Å². The van der Waals surface area contributed by atoms with Gasteiger partial charge in [-0.3, -0.25) is 0 Å². The van der Waals surface area contributed by atoms with E-state index in [2.05, 4.69) is 22.6 Å². The molecule has 0 unspecified atom stereocenters. The van der Waals surface area contributed by atoms with Crippen molar-refractivity contribution in [2.45, 2.75) is 24.5 Å². The first-order valence-corrected chi connectivity index (χ1v) is 12.4. The molecule has 0 aliphatic carbocycles. The molecule has 1 saturated heterocycles. The molecule has 3 heterocycles. The van der Waals surface area contributed by atoms with Crippen molar-refractivity contribution in [3.63, 3.8) is 0 Å². The van der Waals surface area contributed by atoms with E-state index in [0.717, 1.165) is 30.1 Å². The number of hydrogen-bond acceptors (Lipinski definition) is 5. The third kappa shape index (κ3) is 15.8. The van der Waals surface area contributed by atoms with Crippen LogP contribution in [0.2, 0.25) is 20.4 Å². The first kappa shape index (κ1) is 32.6.